The van der Waals surface area contributed by atoms with Gasteiger partial charge in [-0.25, -0.2) is 8.42 Å². The molecule has 0 amide bonds. The molecule has 0 atom stereocenters. The SMILES string of the molecule is Cc1ccc([I+]c2ccc(C)cc2)cc1.O=S(=O)([O-])c1ccc(C(F)(F)F)cc1. The molecule has 0 aliphatic heterocycles. The zero-order valence-corrected chi connectivity index (χ0v) is 18.5. The molecule has 0 N–H and O–H groups in total. The van der Waals surface area contributed by atoms with Crippen molar-refractivity contribution < 1.29 is 47.3 Å². The summed E-state index contributed by atoms with van der Waals surface area (Å²) in [7, 11) is -4.68. The summed E-state index contributed by atoms with van der Waals surface area (Å²) in [4.78, 5) is -0.675. The van der Waals surface area contributed by atoms with E-state index in [1.807, 2.05) is 0 Å². The van der Waals surface area contributed by atoms with Crippen LogP contribution in [0.1, 0.15) is 16.7 Å². The number of benzene rings is 3. The van der Waals surface area contributed by atoms with Crippen LogP contribution in [0, 0.1) is 21.0 Å². The van der Waals surface area contributed by atoms with Crippen LogP contribution in [0.15, 0.2) is 77.7 Å². The number of hydrogen-bond donors (Lipinski definition) is 0. The van der Waals surface area contributed by atoms with Crippen LogP contribution in [0.2, 0.25) is 0 Å². The zero-order valence-electron chi connectivity index (χ0n) is 15.6. The predicted molar refractivity (Wildman–Crippen MR) is 99.2 cm³/mol. The summed E-state index contributed by atoms with van der Waals surface area (Å²) in [6.07, 6.45) is -4.54. The quantitative estimate of drug-likeness (QED) is 0.382. The van der Waals surface area contributed by atoms with Gasteiger partial charge in [0.2, 0.25) is 0 Å². The first kappa shape index (κ1) is 23.4. The molecule has 0 saturated heterocycles. The number of aryl methyl sites for hydroxylation is 2. The highest BCUT2D eigenvalue weighted by atomic mass is 127. The Hall–Kier alpha value is -1.91. The molecule has 0 spiro atoms. The van der Waals surface area contributed by atoms with Gasteiger partial charge >= 0.3 is 27.4 Å². The highest BCUT2D eigenvalue weighted by Crippen LogP contribution is 2.29. The van der Waals surface area contributed by atoms with Gasteiger partial charge in [0.05, 0.1) is 10.5 Å². The van der Waals surface area contributed by atoms with Gasteiger partial charge < -0.3 is 4.55 Å². The number of hydrogen-bond acceptors (Lipinski definition) is 3. The number of halogens is 4. The number of alkyl halides is 3. The maximum absolute atomic E-state index is 12.0. The largest absolute Gasteiger partial charge is 0.744 e. The van der Waals surface area contributed by atoms with Crippen molar-refractivity contribution >= 4 is 10.1 Å². The van der Waals surface area contributed by atoms with Crippen LogP contribution < -0.4 is 21.2 Å². The van der Waals surface area contributed by atoms with Crippen molar-refractivity contribution in [1.29, 1.82) is 0 Å². The second-order valence-electron chi connectivity index (χ2n) is 6.16. The lowest BCUT2D eigenvalue weighted by molar-refractivity contribution is -0.597. The predicted octanol–water partition coefficient (Wildman–Crippen LogP) is 2.04. The summed E-state index contributed by atoms with van der Waals surface area (Å²) in [5.74, 6) is 0. The van der Waals surface area contributed by atoms with E-state index in [1.165, 1.54) is 18.3 Å². The van der Waals surface area contributed by atoms with E-state index < -0.39 is 26.8 Å². The van der Waals surface area contributed by atoms with Crippen molar-refractivity contribution in [2.45, 2.75) is 24.9 Å². The first-order valence-corrected chi connectivity index (χ1v) is 11.9. The minimum atomic E-state index is -4.68. The zero-order chi connectivity index (χ0) is 21.7. The lowest BCUT2D eigenvalue weighted by Crippen LogP contribution is -3.61. The van der Waals surface area contributed by atoms with Gasteiger partial charge in [0.1, 0.15) is 10.1 Å². The Morgan fingerprint density at radius 3 is 1.41 bits per heavy atom. The lowest BCUT2D eigenvalue weighted by atomic mass is 10.2. The van der Waals surface area contributed by atoms with Crippen molar-refractivity contribution in [1.82, 2.24) is 0 Å². The molecule has 29 heavy (non-hydrogen) atoms. The van der Waals surface area contributed by atoms with E-state index in [1.54, 1.807) is 0 Å². The Morgan fingerprint density at radius 1 is 0.724 bits per heavy atom. The van der Waals surface area contributed by atoms with Crippen LogP contribution in [-0.4, -0.2) is 13.0 Å². The molecular weight excluding hydrogens is 516 g/mol. The van der Waals surface area contributed by atoms with Gasteiger partial charge in [-0.2, -0.15) is 13.2 Å². The van der Waals surface area contributed by atoms with Gasteiger partial charge in [-0.1, -0.05) is 35.4 Å². The summed E-state index contributed by atoms with van der Waals surface area (Å²) < 4.78 is 70.0. The molecule has 0 saturated carbocycles. The van der Waals surface area contributed by atoms with E-state index in [4.69, 9.17) is 0 Å². The molecule has 0 radical (unpaired) electrons. The van der Waals surface area contributed by atoms with Crippen LogP contribution in [0.5, 0.6) is 0 Å². The maximum atomic E-state index is 12.0. The molecule has 8 heteroatoms. The van der Waals surface area contributed by atoms with E-state index in [2.05, 4.69) is 62.4 Å². The first-order valence-electron chi connectivity index (χ1n) is 8.36. The van der Waals surface area contributed by atoms with Gasteiger partial charge in [0.15, 0.2) is 7.14 Å². The Labute approximate surface area is 178 Å². The molecule has 3 aromatic carbocycles. The minimum absolute atomic E-state index is 0.00313. The summed E-state index contributed by atoms with van der Waals surface area (Å²) >= 11 is 0.00313. The molecular formula is C21H18F3IO3S. The molecule has 3 aromatic rings. The van der Waals surface area contributed by atoms with Crippen LogP contribution in [0.25, 0.3) is 0 Å². The van der Waals surface area contributed by atoms with Crippen molar-refractivity contribution in [2.75, 3.05) is 0 Å². The van der Waals surface area contributed by atoms with Crippen LogP contribution >= 0.6 is 0 Å². The van der Waals surface area contributed by atoms with E-state index in [0.717, 1.165) is 0 Å². The van der Waals surface area contributed by atoms with Gasteiger partial charge in [0.25, 0.3) is 0 Å². The highest BCUT2D eigenvalue weighted by Gasteiger charge is 2.30. The lowest BCUT2D eigenvalue weighted by Gasteiger charge is -2.09. The summed E-state index contributed by atoms with van der Waals surface area (Å²) in [5, 5.41) is 0. The molecule has 0 bridgehead atoms. The average Bonchev–Trinajstić information content (AvgIpc) is 2.65. The summed E-state index contributed by atoms with van der Waals surface area (Å²) in [5.41, 5.74) is 1.68. The Balaban J connectivity index is 0.000000208. The van der Waals surface area contributed by atoms with Crippen LogP contribution in [0.3, 0.4) is 0 Å². The summed E-state index contributed by atoms with van der Waals surface area (Å²) in [6, 6.07) is 20.2. The third-order valence-corrected chi connectivity index (χ3v) is 7.24. The van der Waals surface area contributed by atoms with Gasteiger partial charge in [0, 0.05) is 0 Å². The third kappa shape index (κ3) is 7.79. The molecule has 3 nitrogen and oxygen atoms in total. The number of rotatable bonds is 3. The molecule has 0 fully saturated rings. The fraction of sp³-hybridized carbons (Fsp3) is 0.143. The van der Waals surface area contributed by atoms with Gasteiger partial charge in [-0.3, -0.25) is 0 Å². The topological polar surface area (TPSA) is 57.2 Å². The van der Waals surface area contributed by atoms with Crippen molar-refractivity contribution in [2.24, 2.45) is 0 Å². The third-order valence-electron chi connectivity index (χ3n) is 3.71. The van der Waals surface area contributed by atoms with Crippen LogP contribution in [0.4, 0.5) is 13.2 Å². The molecule has 0 heterocycles. The van der Waals surface area contributed by atoms with Crippen molar-refractivity contribution in [3.63, 3.8) is 0 Å². The maximum Gasteiger partial charge on any atom is 0.416 e. The van der Waals surface area contributed by atoms with Gasteiger partial charge in [-0.15, -0.1) is 0 Å². The molecule has 0 unspecified atom stereocenters. The Kier molecular flexibility index (Phi) is 7.84. The average molecular weight is 534 g/mol. The molecule has 154 valence electrons. The minimum Gasteiger partial charge on any atom is -0.744 e. The van der Waals surface area contributed by atoms with E-state index >= 15 is 0 Å². The fourth-order valence-corrected chi connectivity index (χ4v) is 4.76. The van der Waals surface area contributed by atoms with E-state index in [9.17, 15) is 26.1 Å². The van der Waals surface area contributed by atoms with Crippen molar-refractivity contribution in [3.05, 3.63) is 96.6 Å². The van der Waals surface area contributed by atoms with E-state index in [0.29, 0.717) is 24.3 Å². The second-order valence-corrected chi connectivity index (χ2v) is 10.6. The Bertz CT molecular complexity index is 985. The molecule has 0 aromatic heterocycles. The molecule has 0 aliphatic carbocycles. The normalized spacial score (nSPS) is 11.5. The van der Waals surface area contributed by atoms with E-state index in [-0.39, 0.29) is 21.2 Å². The monoisotopic (exact) mass is 534 g/mol. The van der Waals surface area contributed by atoms with Gasteiger partial charge in [-0.05, 0) is 62.4 Å². The second kappa shape index (κ2) is 9.73. The fourth-order valence-electron chi connectivity index (χ4n) is 2.13. The smallest absolute Gasteiger partial charge is 0.416 e. The first-order chi connectivity index (χ1) is 13.4. The summed E-state index contributed by atoms with van der Waals surface area (Å²) in [6.45, 7) is 4.27. The molecule has 3 rings (SSSR count). The van der Waals surface area contributed by atoms with Crippen molar-refractivity contribution in [3.8, 4) is 0 Å². The standard InChI is InChI=1S/C14H14I.C7H5F3O3S/c1-11-3-7-13(8-4-11)15-14-9-5-12(2)6-10-14;8-7(9,10)5-1-3-6(4-2-5)14(11,12)13/h3-10H,1-2H3;1-4H,(H,11,12,13)/q+1;/p-1. The van der Waals surface area contributed by atoms with Crippen LogP contribution in [-0.2, 0) is 16.3 Å². The Morgan fingerprint density at radius 2 is 1.10 bits per heavy atom. The highest BCUT2D eigenvalue weighted by molar-refractivity contribution is 7.85. The molecule has 0 aliphatic rings.